The Bertz CT molecular complexity index is 961. The lowest BCUT2D eigenvalue weighted by molar-refractivity contribution is -0.000825. The number of hydrogen-bond donors (Lipinski definition) is 1. The van der Waals surface area contributed by atoms with Gasteiger partial charge in [0.1, 0.15) is 11.4 Å². The van der Waals surface area contributed by atoms with Gasteiger partial charge in [0, 0.05) is 30.1 Å². The van der Waals surface area contributed by atoms with Crippen molar-refractivity contribution in [1.82, 2.24) is 15.0 Å². The predicted octanol–water partition coefficient (Wildman–Crippen LogP) is 4.62. The van der Waals surface area contributed by atoms with Gasteiger partial charge in [-0.15, -0.1) is 0 Å². The third-order valence-corrected chi connectivity index (χ3v) is 5.28. The van der Waals surface area contributed by atoms with Gasteiger partial charge < -0.3 is 9.72 Å². The number of nitrogens with zero attached hydrogens (tertiary/aromatic N) is 3. The summed E-state index contributed by atoms with van der Waals surface area (Å²) in [4.78, 5) is 26.5. The Morgan fingerprint density at radius 1 is 1.23 bits per heavy atom. The van der Waals surface area contributed by atoms with Crippen LogP contribution in [-0.2, 0) is 10.3 Å². The highest BCUT2D eigenvalue weighted by atomic mass is 16.6. The number of aromatic nitrogens is 3. The van der Waals surface area contributed by atoms with Gasteiger partial charge in [-0.2, -0.15) is 0 Å². The lowest BCUT2D eigenvalue weighted by Crippen LogP contribution is -2.45. The van der Waals surface area contributed by atoms with Crippen LogP contribution in [-0.4, -0.2) is 27.6 Å². The van der Waals surface area contributed by atoms with Crippen molar-refractivity contribution in [2.45, 2.75) is 39.2 Å². The molecule has 0 unspecified atom stereocenters. The molecule has 0 spiro atoms. The Morgan fingerprint density at radius 3 is 2.69 bits per heavy atom. The van der Waals surface area contributed by atoms with E-state index in [1.807, 2.05) is 25.1 Å². The molecule has 1 aliphatic rings. The number of H-pyrrole nitrogens is 1. The molecule has 4 rings (SSSR count). The maximum absolute atomic E-state index is 12.6. The zero-order valence-corrected chi connectivity index (χ0v) is 15.2. The van der Waals surface area contributed by atoms with E-state index in [2.05, 4.69) is 29.9 Å². The number of carbonyl (C=O) groups is 1. The zero-order valence-electron chi connectivity index (χ0n) is 15.2. The Hall–Kier alpha value is -2.89. The fourth-order valence-corrected chi connectivity index (χ4v) is 3.72. The molecule has 1 N–H and O–H groups in total. The third-order valence-electron chi connectivity index (χ3n) is 5.28. The van der Waals surface area contributed by atoms with Crippen LogP contribution in [0.5, 0.6) is 0 Å². The van der Waals surface area contributed by atoms with Gasteiger partial charge in [0.15, 0.2) is 0 Å². The normalized spacial score (nSPS) is 15.8. The smallest absolute Gasteiger partial charge is 0.415 e. The van der Waals surface area contributed by atoms with Crippen LogP contribution >= 0.6 is 0 Å². The highest BCUT2D eigenvalue weighted by Crippen LogP contribution is 2.45. The predicted molar refractivity (Wildman–Crippen MR) is 101 cm³/mol. The molecule has 0 radical (unpaired) electrons. The number of pyridine rings is 1. The van der Waals surface area contributed by atoms with Crippen LogP contribution in [0.25, 0.3) is 22.4 Å². The molecule has 3 heterocycles. The number of benzene rings is 1. The fourth-order valence-electron chi connectivity index (χ4n) is 3.72. The number of rotatable bonds is 4. The number of ether oxygens (including phenoxy) is 1. The number of imidazole rings is 1. The molecule has 0 saturated heterocycles. The number of cyclic esters (lactones) is 1. The van der Waals surface area contributed by atoms with Crippen molar-refractivity contribution in [3.63, 3.8) is 0 Å². The molecule has 6 heteroatoms. The summed E-state index contributed by atoms with van der Waals surface area (Å²) in [6.07, 6.45) is 4.70. The third kappa shape index (κ3) is 2.36. The summed E-state index contributed by atoms with van der Waals surface area (Å²) in [6.45, 7) is 6.62. The average molecular weight is 350 g/mol. The Kier molecular flexibility index (Phi) is 3.90. The minimum atomic E-state index is -0.591. The summed E-state index contributed by atoms with van der Waals surface area (Å²) in [5.74, 6) is 0.768. The number of carbonyl (C=O) groups excluding carboxylic acids is 1. The molecule has 6 nitrogen and oxygen atoms in total. The fraction of sp³-hybridized carbons (Fsp3) is 0.350. The van der Waals surface area contributed by atoms with E-state index in [0.717, 1.165) is 46.5 Å². The van der Waals surface area contributed by atoms with Crippen LogP contribution in [0, 0.1) is 0 Å². The molecule has 2 aromatic heterocycles. The van der Waals surface area contributed by atoms with Crippen molar-refractivity contribution in [1.29, 1.82) is 0 Å². The minimum absolute atomic E-state index is 0.286. The number of aromatic amines is 1. The molecule has 0 aliphatic carbocycles. The number of fused-ring (bicyclic) bond motifs is 2. The summed E-state index contributed by atoms with van der Waals surface area (Å²) in [5.41, 5.74) is 4.03. The average Bonchev–Trinajstić information content (AvgIpc) is 3.10. The first-order valence-electron chi connectivity index (χ1n) is 9.07. The second kappa shape index (κ2) is 6.12. The lowest BCUT2D eigenvalue weighted by atomic mass is 9.85. The van der Waals surface area contributed by atoms with Gasteiger partial charge in [-0.05, 0) is 44.0 Å². The van der Waals surface area contributed by atoms with Crippen molar-refractivity contribution in [3.8, 4) is 11.4 Å². The first kappa shape index (κ1) is 16.6. The van der Waals surface area contributed by atoms with Crippen molar-refractivity contribution in [2.24, 2.45) is 0 Å². The number of nitrogens with one attached hydrogen (secondary N) is 1. The topological polar surface area (TPSA) is 71.1 Å². The summed E-state index contributed by atoms with van der Waals surface area (Å²) in [6, 6.07) is 7.93. The van der Waals surface area contributed by atoms with Gasteiger partial charge in [-0.25, -0.2) is 9.78 Å². The van der Waals surface area contributed by atoms with Crippen LogP contribution in [0.1, 0.15) is 39.2 Å². The quantitative estimate of drug-likeness (QED) is 0.745. The molecular weight excluding hydrogens is 328 g/mol. The second-order valence-electron chi connectivity index (χ2n) is 6.53. The molecule has 0 atom stereocenters. The van der Waals surface area contributed by atoms with Gasteiger partial charge in [0.05, 0.1) is 16.7 Å². The van der Waals surface area contributed by atoms with Crippen molar-refractivity contribution in [2.75, 3.05) is 11.4 Å². The molecule has 3 aromatic rings. The molecular formula is C20H22N4O2. The van der Waals surface area contributed by atoms with E-state index >= 15 is 0 Å². The molecule has 0 bridgehead atoms. The molecule has 1 amide bonds. The summed E-state index contributed by atoms with van der Waals surface area (Å²) >= 11 is 0. The molecule has 134 valence electrons. The number of amides is 1. The molecule has 0 saturated carbocycles. The standard InChI is InChI=1S/C20H22N4O2/c1-4-20(5-2)14-10-15-16(11-17(14)24(6-3)19(25)26-20)23-18(22-15)13-8-7-9-21-12-13/h7-12H,4-6H2,1-3H3,(H,22,23). The Morgan fingerprint density at radius 2 is 2.04 bits per heavy atom. The first-order valence-corrected chi connectivity index (χ1v) is 9.07. The minimum Gasteiger partial charge on any atom is -0.438 e. The van der Waals surface area contributed by atoms with Gasteiger partial charge in [-0.3, -0.25) is 9.88 Å². The molecule has 26 heavy (non-hydrogen) atoms. The maximum atomic E-state index is 12.6. The second-order valence-corrected chi connectivity index (χ2v) is 6.53. The van der Waals surface area contributed by atoms with E-state index in [1.165, 1.54) is 0 Å². The maximum Gasteiger partial charge on any atom is 0.415 e. The summed E-state index contributed by atoms with van der Waals surface area (Å²) in [5, 5.41) is 0. The van der Waals surface area contributed by atoms with Gasteiger partial charge >= 0.3 is 6.09 Å². The number of anilines is 1. The van der Waals surface area contributed by atoms with E-state index in [4.69, 9.17) is 9.72 Å². The van der Waals surface area contributed by atoms with Gasteiger partial charge in [0.25, 0.3) is 0 Å². The van der Waals surface area contributed by atoms with Gasteiger partial charge in [-0.1, -0.05) is 13.8 Å². The van der Waals surface area contributed by atoms with Crippen LogP contribution < -0.4 is 4.90 Å². The Labute approximate surface area is 152 Å². The summed E-state index contributed by atoms with van der Waals surface area (Å²) < 4.78 is 5.89. The highest BCUT2D eigenvalue weighted by Gasteiger charge is 2.42. The zero-order chi connectivity index (χ0) is 18.3. The summed E-state index contributed by atoms with van der Waals surface area (Å²) in [7, 11) is 0. The monoisotopic (exact) mass is 350 g/mol. The lowest BCUT2D eigenvalue weighted by Gasteiger charge is -2.41. The van der Waals surface area contributed by atoms with E-state index in [1.54, 1.807) is 17.3 Å². The molecule has 1 aromatic carbocycles. The van der Waals surface area contributed by atoms with E-state index < -0.39 is 5.60 Å². The highest BCUT2D eigenvalue weighted by molar-refractivity contribution is 5.96. The Balaban J connectivity index is 1.94. The van der Waals surface area contributed by atoms with E-state index in [0.29, 0.717) is 6.54 Å². The van der Waals surface area contributed by atoms with Crippen LogP contribution in [0.3, 0.4) is 0 Å². The van der Waals surface area contributed by atoms with Crippen molar-refractivity contribution in [3.05, 3.63) is 42.2 Å². The van der Waals surface area contributed by atoms with E-state index in [9.17, 15) is 4.79 Å². The molecule has 0 fully saturated rings. The molecule has 1 aliphatic heterocycles. The van der Waals surface area contributed by atoms with Crippen LogP contribution in [0.15, 0.2) is 36.7 Å². The van der Waals surface area contributed by atoms with Crippen molar-refractivity contribution < 1.29 is 9.53 Å². The SMILES string of the molecule is CCN1C(=O)OC(CC)(CC)c2cc3[nH]c(-c4cccnc4)nc3cc21. The van der Waals surface area contributed by atoms with E-state index in [-0.39, 0.29) is 6.09 Å². The van der Waals surface area contributed by atoms with Crippen LogP contribution in [0.2, 0.25) is 0 Å². The largest absolute Gasteiger partial charge is 0.438 e. The first-order chi connectivity index (χ1) is 12.6. The number of hydrogen-bond acceptors (Lipinski definition) is 4. The van der Waals surface area contributed by atoms with Gasteiger partial charge in [0.2, 0.25) is 0 Å². The van der Waals surface area contributed by atoms with Crippen molar-refractivity contribution >= 4 is 22.8 Å². The van der Waals surface area contributed by atoms with Crippen LogP contribution in [0.4, 0.5) is 10.5 Å².